The lowest BCUT2D eigenvalue weighted by Gasteiger charge is -2.03. The van der Waals surface area contributed by atoms with Crippen molar-refractivity contribution in [2.75, 3.05) is 0 Å². The minimum Gasteiger partial charge on any atom is -0.255 e. The zero-order chi connectivity index (χ0) is 13.9. The van der Waals surface area contributed by atoms with Crippen LogP contribution < -0.4 is 0 Å². The molecule has 0 bridgehead atoms. The molecule has 2 aromatic rings. The highest BCUT2D eigenvalue weighted by Gasteiger charge is 2.11. The molecule has 1 aromatic heterocycles. The molecule has 0 amide bonds. The molecule has 1 N–H and O–H groups in total. The van der Waals surface area contributed by atoms with Crippen molar-refractivity contribution in [2.45, 2.75) is 4.90 Å². The number of nitrogens with zero attached hydrogens (tertiary/aromatic N) is 1. The standard InChI is InChI=1S/C13H10ClFN2OS/c14-10-4-3-8-17-12(10)7-9-19(16,18)13-6-2-1-5-11(13)15/h1-9,16H/b9-7+. The molecule has 0 aliphatic carbocycles. The Kier molecular flexibility index (Phi) is 3.97. The zero-order valence-corrected chi connectivity index (χ0v) is 11.3. The number of hydrogen-bond donors (Lipinski definition) is 1. The van der Waals surface area contributed by atoms with Crippen LogP contribution in [-0.2, 0) is 9.73 Å². The lowest BCUT2D eigenvalue weighted by molar-refractivity contribution is 0.594. The Morgan fingerprint density at radius 3 is 2.68 bits per heavy atom. The molecule has 2 rings (SSSR count). The van der Waals surface area contributed by atoms with E-state index in [9.17, 15) is 8.60 Å². The number of hydrogen-bond acceptors (Lipinski definition) is 3. The molecule has 1 unspecified atom stereocenters. The Bertz CT molecular complexity index is 729. The minimum atomic E-state index is -3.36. The fourth-order valence-corrected chi connectivity index (χ4v) is 2.73. The third-order valence-electron chi connectivity index (χ3n) is 2.37. The van der Waals surface area contributed by atoms with Crippen molar-refractivity contribution in [1.82, 2.24) is 4.98 Å². The first-order chi connectivity index (χ1) is 9.00. The van der Waals surface area contributed by atoms with Gasteiger partial charge in [-0.05, 0) is 30.3 Å². The van der Waals surface area contributed by atoms with Gasteiger partial charge < -0.3 is 0 Å². The van der Waals surface area contributed by atoms with E-state index in [-0.39, 0.29) is 4.90 Å². The first kappa shape index (κ1) is 13.7. The fourth-order valence-electron chi connectivity index (χ4n) is 1.44. The molecule has 0 saturated heterocycles. The second-order valence-corrected chi connectivity index (χ2v) is 6.02. The van der Waals surface area contributed by atoms with E-state index in [1.165, 1.54) is 36.5 Å². The maximum Gasteiger partial charge on any atom is 0.140 e. The number of aromatic nitrogens is 1. The third-order valence-corrected chi connectivity index (χ3v) is 4.19. The molecule has 0 fully saturated rings. The Morgan fingerprint density at radius 2 is 2.00 bits per heavy atom. The highest BCUT2D eigenvalue weighted by Crippen LogP contribution is 2.19. The summed E-state index contributed by atoms with van der Waals surface area (Å²) in [5.41, 5.74) is 0.389. The van der Waals surface area contributed by atoms with Gasteiger partial charge in [-0.2, -0.15) is 0 Å². The third kappa shape index (κ3) is 3.19. The van der Waals surface area contributed by atoms with Crippen LogP contribution in [0.5, 0.6) is 0 Å². The predicted octanol–water partition coefficient (Wildman–Crippen LogP) is 3.95. The van der Waals surface area contributed by atoms with Gasteiger partial charge >= 0.3 is 0 Å². The van der Waals surface area contributed by atoms with Gasteiger partial charge in [-0.1, -0.05) is 23.7 Å². The lowest BCUT2D eigenvalue weighted by atomic mass is 10.3. The summed E-state index contributed by atoms with van der Waals surface area (Å²) < 4.78 is 33.4. The van der Waals surface area contributed by atoms with Gasteiger partial charge in [0.25, 0.3) is 0 Å². The summed E-state index contributed by atoms with van der Waals surface area (Å²) in [6.45, 7) is 0. The van der Waals surface area contributed by atoms with Gasteiger partial charge in [0.05, 0.1) is 25.3 Å². The van der Waals surface area contributed by atoms with Crippen LogP contribution in [0.4, 0.5) is 4.39 Å². The van der Waals surface area contributed by atoms with Crippen LogP contribution in [0.15, 0.2) is 52.9 Å². The van der Waals surface area contributed by atoms with E-state index in [1.807, 2.05) is 0 Å². The van der Waals surface area contributed by atoms with Gasteiger partial charge in [0.1, 0.15) is 5.82 Å². The molecule has 1 aromatic carbocycles. The average molecular weight is 297 g/mol. The van der Waals surface area contributed by atoms with Gasteiger partial charge in [-0.25, -0.2) is 13.4 Å². The summed E-state index contributed by atoms with van der Waals surface area (Å²) in [5.74, 6) is -0.667. The first-order valence-electron chi connectivity index (χ1n) is 5.33. The number of rotatable bonds is 3. The lowest BCUT2D eigenvalue weighted by Crippen LogP contribution is -1.97. The van der Waals surface area contributed by atoms with Crippen molar-refractivity contribution >= 4 is 27.4 Å². The van der Waals surface area contributed by atoms with Crippen molar-refractivity contribution in [3.05, 3.63) is 64.5 Å². The molecular weight excluding hydrogens is 287 g/mol. The quantitative estimate of drug-likeness (QED) is 0.932. The van der Waals surface area contributed by atoms with Crippen molar-refractivity contribution in [1.29, 1.82) is 4.78 Å². The van der Waals surface area contributed by atoms with E-state index >= 15 is 0 Å². The molecule has 0 spiro atoms. The monoisotopic (exact) mass is 296 g/mol. The van der Waals surface area contributed by atoms with Crippen LogP contribution in [0, 0.1) is 10.6 Å². The van der Waals surface area contributed by atoms with Gasteiger partial charge in [0.2, 0.25) is 0 Å². The Hall–Kier alpha value is -1.72. The van der Waals surface area contributed by atoms with E-state index in [4.69, 9.17) is 16.4 Å². The molecule has 98 valence electrons. The normalized spacial score (nSPS) is 14.4. The molecular formula is C13H10ClFN2OS. The fraction of sp³-hybridized carbons (Fsp3) is 0. The summed E-state index contributed by atoms with van der Waals surface area (Å²) >= 11 is 5.89. The number of nitrogens with one attached hydrogen (secondary N) is 1. The molecule has 1 heterocycles. The topological polar surface area (TPSA) is 53.8 Å². The molecule has 6 heteroatoms. The number of pyridine rings is 1. The first-order valence-corrected chi connectivity index (χ1v) is 7.32. The second-order valence-electron chi connectivity index (χ2n) is 3.70. The zero-order valence-electron chi connectivity index (χ0n) is 9.72. The van der Waals surface area contributed by atoms with Gasteiger partial charge in [0.15, 0.2) is 0 Å². The van der Waals surface area contributed by atoms with Crippen LogP contribution in [0.25, 0.3) is 6.08 Å². The predicted molar refractivity (Wildman–Crippen MR) is 73.8 cm³/mol. The smallest absolute Gasteiger partial charge is 0.140 e. The molecule has 1 atom stereocenters. The summed E-state index contributed by atoms with van der Waals surface area (Å²) in [4.78, 5) is 3.82. The van der Waals surface area contributed by atoms with Gasteiger partial charge in [-0.3, -0.25) is 4.98 Å². The molecule has 0 aliphatic heterocycles. The van der Waals surface area contributed by atoms with Crippen molar-refractivity contribution in [2.24, 2.45) is 0 Å². The number of benzene rings is 1. The van der Waals surface area contributed by atoms with Crippen LogP contribution in [0.2, 0.25) is 5.02 Å². The molecule has 19 heavy (non-hydrogen) atoms. The molecule has 0 aliphatic rings. The van der Waals surface area contributed by atoms with Crippen LogP contribution in [0.3, 0.4) is 0 Å². The van der Waals surface area contributed by atoms with E-state index in [0.717, 1.165) is 5.41 Å². The highest BCUT2D eigenvalue weighted by atomic mass is 35.5. The summed E-state index contributed by atoms with van der Waals surface area (Å²) in [6.07, 6.45) is 2.89. The Labute approximate surface area is 115 Å². The number of halogens is 2. The van der Waals surface area contributed by atoms with E-state index < -0.39 is 15.5 Å². The van der Waals surface area contributed by atoms with Crippen LogP contribution in [-0.4, -0.2) is 9.19 Å². The maximum absolute atomic E-state index is 13.5. The van der Waals surface area contributed by atoms with Gasteiger partial charge in [0, 0.05) is 11.6 Å². The Balaban J connectivity index is 2.38. The SMILES string of the molecule is N=S(=O)(/C=C/c1ncccc1Cl)c1ccccc1F. The van der Waals surface area contributed by atoms with Crippen molar-refractivity contribution in [3.63, 3.8) is 0 Å². The van der Waals surface area contributed by atoms with Crippen molar-refractivity contribution < 1.29 is 8.60 Å². The van der Waals surface area contributed by atoms with E-state index in [2.05, 4.69) is 4.98 Å². The maximum atomic E-state index is 13.5. The highest BCUT2D eigenvalue weighted by molar-refractivity contribution is 7.95. The molecule has 0 saturated carbocycles. The van der Waals surface area contributed by atoms with Gasteiger partial charge in [-0.15, -0.1) is 0 Å². The average Bonchev–Trinajstić information content (AvgIpc) is 2.38. The molecule has 0 radical (unpaired) electrons. The summed E-state index contributed by atoms with van der Waals surface area (Å²) in [5, 5.41) is 1.49. The minimum absolute atomic E-state index is 0.154. The molecule has 3 nitrogen and oxygen atoms in total. The van der Waals surface area contributed by atoms with E-state index in [1.54, 1.807) is 12.1 Å². The van der Waals surface area contributed by atoms with Crippen LogP contribution in [0.1, 0.15) is 5.69 Å². The summed E-state index contributed by atoms with van der Waals surface area (Å²) in [7, 11) is -3.36. The van der Waals surface area contributed by atoms with Crippen molar-refractivity contribution in [3.8, 4) is 0 Å². The van der Waals surface area contributed by atoms with E-state index in [0.29, 0.717) is 10.7 Å². The summed E-state index contributed by atoms with van der Waals surface area (Å²) in [6, 6.07) is 8.81. The largest absolute Gasteiger partial charge is 0.255 e. The Morgan fingerprint density at radius 1 is 1.26 bits per heavy atom. The second kappa shape index (κ2) is 5.50. The van der Waals surface area contributed by atoms with Crippen LogP contribution >= 0.6 is 11.6 Å².